The summed E-state index contributed by atoms with van der Waals surface area (Å²) in [6, 6.07) is 10.8. The van der Waals surface area contributed by atoms with Gasteiger partial charge in [0, 0.05) is 6.20 Å². The summed E-state index contributed by atoms with van der Waals surface area (Å²) in [6.07, 6.45) is 0.762. The number of nitrogens with zero attached hydrogens (tertiary/aromatic N) is 1. The molecule has 0 saturated heterocycles. The number of benzene rings is 1. The molecular formula is C14H15NO3. The first kappa shape index (κ1) is 12.4. The highest BCUT2D eigenvalue weighted by molar-refractivity contribution is 5.48. The zero-order chi connectivity index (χ0) is 13.0. The minimum atomic E-state index is -0.878. The molecule has 1 heterocycles. The van der Waals surface area contributed by atoms with Crippen molar-refractivity contribution in [3.05, 3.63) is 53.9 Å². The van der Waals surface area contributed by atoms with E-state index in [1.54, 1.807) is 44.7 Å². The third-order valence-corrected chi connectivity index (χ3v) is 2.71. The molecule has 1 aromatic carbocycles. The molecule has 0 aliphatic heterocycles. The van der Waals surface area contributed by atoms with E-state index in [9.17, 15) is 5.11 Å². The summed E-state index contributed by atoms with van der Waals surface area (Å²) in [6.45, 7) is 0. The van der Waals surface area contributed by atoms with Gasteiger partial charge in [-0.1, -0.05) is 12.1 Å². The van der Waals surface area contributed by atoms with Crippen molar-refractivity contribution >= 4 is 0 Å². The molecule has 1 atom stereocenters. The summed E-state index contributed by atoms with van der Waals surface area (Å²) >= 11 is 0. The Morgan fingerprint density at radius 2 is 1.67 bits per heavy atom. The van der Waals surface area contributed by atoms with Crippen molar-refractivity contribution in [3.63, 3.8) is 0 Å². The van der Waals surface area contributed by atoms with Crippen LogP contribution in [-0.4, -0.2) is 24.3 Å². The molecule has 1 N–H and O–H groups in total. The van der Waals surface area contributed by atoms with Gasteiger partial charge in [0.15, 0.2) is 0 Å². The van der Waals surface area contributed by atoms with Gasteiger partial charge in [0.1, 0.15) is 17.6 Å². The van der Waals surface area contributed by atoms with Gasteiger partial charge in [-0.05, 0) is 24.3 Å². The molecule has 0 amide bonds. The first-order chi connectivity index (χ1) is 8.77. The van der Waals surface area contributed by atoms with Gasteiger partial charge in [0.25, 0.3) is 0 Å². The van der Waals surface area contributed by atoms with Crippen molar-refractivity contribution in [3.8, 4) is 11.5 Å². The Morgan fingerprint density at radius 3 is 2.17 bits per heavy atom. The van der Waals surface area contributed by atoms with Crippen LogP contribution in [-0.2, 0) is 0 Å². The van der Waals surface area contributed by atoms with Crippen molar-refractivity contribution in [2.24, 2.45) is 0 Å². The second kappa shape index (κ2) is 5.51. The second-order valence-electron chi connectivity index (χ2n) is 3.73. The zero-order valence-corrected chi connectivity index (χ0v) is 10.3. The molecule has 94 valence electrons. The quantitative estimate of drug-likeness (QED) is 0.897. The SMILES string of the molecule is COc1cccc(OC)c1C(O)c1ccccn1. The number of hydrogen-bond acceptors (Lipinski definition) is 4. The molecule has 1 aromatic heterocycles. The van der Waals surface area contributed by atoms with Gasteiger partial charge in [0.05, 0.1) is 25.5 Å². The summed E-state index contributed by atoms with van der Waals surface area (Å²) < 4.78 is 10.5. The van der Waals surface area contributed by atoms with Crippen LogP contribution in [0.25, 0.3) is 0 Å². The van der Waals surface area contributed by atoms with Gasteiger partial charge in [-0.2, -0.15) is 0 Å². The van der Waals surface area contributed by atoms with E-state index in [2.05, 4.69) is 4.98 Å². The lowest BCUT2D eigenvalue weighted by atomic mass is 10.0. The standard InChI is InChI=1S/C14H15NO3/c1-17-11-7-5-8-12(18-2)13(11)14(16)10-6-3-4-9-15-10/h3-9,14,16H,1-2H3. The fourth-order valence-corrected chi connectivity index (χ4v) is 1.83. The molecule has 0 aliphatic rings. The molecule has 0 fully saturated rings. The maximum absolute atomic E-state index is 10.4. The van der Waals surface area contributed by atoms with E-state index >= 15 is 0 Å². The van der Waals surface area contributed by atoms with E-state index in [0.717, 1.165) is 0 Å². The number of pyridine rings is 1. The van der Waals surface area contributed by atoms with Gasteiger partial charge in [0.2, 0.25) is 0 Å². The fraction of sp³-hybridized carbons (Fsp3) is 0.214. The summed E-state index contributed by atoms with van der Waals surface area (Å²) in [4.78, 5) is 4.14. The first-order valence-corrected chi connectivity index (χ1v) is 5.57. The Hall–Kier alpha value is -2.07. The van der Waals surface area contributed by atoms with Crippen LogP contribution in [0.1, 0.15) is 17.4 Å². The van der Waals surface area contributed by atoms with E-state index < -0.39 is 6.10 Å². The highest BCUT2D eigenvalue weighted by Crippen LogP contribution is 2.36. The van der Waals surface area contributed by atoms with Crippen molar-refractivity contribution in [1.82, 2.24) is 4.98 Å². The number of aliphatic hydroxyl groups is 1. The van der Waals surface area contributed by atoms with Crippen LogP contribution in [0.2, 0.25) is 0 Å². The van der Waals surface area contributed by atoms with Crippen LogP contribution in [0.5, 0.6) is 11.5 Å². The van der Waals surface area contributed by atoms with Crippen LogP contribution < -0.4 is 9.47 Å². The van der Waals surface area contributed by atoms with Gasteiger partial charge < -0.3 is 14.6 Å². The monoisotopic (exact) mass is 245 g/mol. The average Bonchev–Trinajstić information content (AvgIpc) is 2.46. The fourth-order valence-electron chi connectivity index (χ4n) is 1.83. The van der Waals surface area contributed by atoms with E-state index in [0.29, 0.717) is 22.8 Å². The van der Waals surface area contributed by atoms with Gasteiger partial charge in [-0.15, -0.1) is 0 Å². The summed E-state index contributed by atoms with van der Waals surface area (Å²) in [5.74, 6) is 1.15. The van der Waals surface area contributed by atoms with Gasteiger partial charge >= 0.3 is 0 Å². The molecule has 18 heavy (non-hydrogen) atoms. The molecule has 1 unspecified atom stereocenters. The maximum atomic E-state index is 10.4. The lowest BCUT2D eigenvalue weighted by Crippen LogP contribution is -2.06. The van der Waals surface area contributed by atoms with E-state index in [-0.39, 0.29) is 0 Å². The van der Waals surface area contributed by atoms with Crippen molar-refractivity contribution in [2.75, 3.05) is 14.2 Å². The van der Waals surface area contributed by atoms with Crippen molar-refractivity contribution in [1.29, 1.82) is 0 Å². The lowest BCUT2D eigenvalue weighted by Gasteiger charge is -2.17. The van der Waals surface area contributed by atoms with Crippen LogP contribution in [0.3, 0.4) is 0 Å². The average molecular weight is 245 g/mol. The zero-order valence-electron chi connectivity index (χ0n) is 10.3. The van der Waals surface area contributed by atoms with E-state index in [1.807, 2.05) is 12.1 Å². The van der Waals surface area contributed by atoms with Crippen LogP contribution in [0, 0.1) is 0 Å². The number of hydrogen-bond donors (Lipinski definition) is 1. The number of rotatable bonds is 4. The van der Waals surface area contributed by atoms with Gasteiger partial charge in [-0.3, -0.25) is 4.98 Å². The molecule has 0 bridgehead atoms. The summed E-state index contributed by atoms with van der Waals surface area (Å²) in [5, 5.41) is 10.4. The molecule has 4 heteroatoms. The molecule has 0 saturated carbocycles. The predicted molar refractivity (Wildman–Crippen MR) is 67.8 cm³/mol. The number of ether oxygens (including phenoxy) is 2. The van der Waals surface area contributed by atoms with Gasteiger partial charge in [-0.25, -0.2) is 0 Å². The Kier molecular flexibility index (Phi) is 3.79. The minimum absolute atomic E-state index is 0.556. The smallest absolute Gasteiger partial charge is 0.128 e. The molecule has 0 radical (unpaired) electrons. The van der Waals surface area contributed by atoms with Crippen molar-refractivity contribution < 1.29 is 14.6 Å². The highest BCUT2D eigenvalue weighted by Gasteiger charge is 2.20. The Labute approximate surface area is 106 Å². The Morgan fingerprint density at radius 1 is 1.00 bits per heavy atom. The number of methoxy groups -OCH3 is 2. The normalized spacial score (nSPS) is 11.9. The molecule has 0 spiro atoms. The molecule has 4 nitrogen and oxygen atoms in total. The second-order valence-corrected chi connectivity index (χ2v) is 3.73. The van der Waals surface area contributed by atoms with Crippen LogP contribution >= 0.6 is 0 Å². The topological polar surface area (TPSA) is 51.6 Å². The summed E-state index contributed by atoms with van der Waals surface area (Å²) in [7, 11) is 3.12. The Bertz CT molecular complexity index is 491. The predicted octanol–water partition coefficient (Wildman–Crippen LogP) is 2.18. The summed E-state index contributed by atoms with van der Waals surface area (Å²) in [5.41, 5.74) is 1.14. The minimum Gasteiger partial charge on any atom is -0.496 e. The Balaban J connectivity index is 2.49. The molecule has 0 aliphatic carbocycles. The number of aliphatic hydroxyl groups excluding tert-OH is 1. The molecular weight excluding hydrogens is 230 g/mol. The first-order valence-electron chi connectivity index (χ1n) is 5.57. The third kappa shape index (κ3) is 2.28. The highest BCUT2D eigenvalue weighted by atomic mass is 16.5. The molecule has 2 aromatic rings. The largest absolute Gasteiger partial charge is 0.496 e. The van der Waals surface area contributed by atoms with E-state index in [1.165, 1.54) is 0 Å². The van der Waals surface area contributed by atoms with Crippen LogP contribution in [0.4, 0.5) is 0 Å². The maximum Gasteiger partial charge on any atom is 0.128 e. The number of aromatic nitrogens is 1. The lowest BCUT2D eigenvalue weighted by molar-refractivity contribution is 0.204. The van der Waals surface area contributed by atoms with Crippen molar-refractivity contribution in [2.45, 2.75) is 6.10 Å². The third-order valence-electron chi connectivity index (χ3n) is 2.71. The molecule has 2 rings (SSSR count). The van der Waals surface area contributed by atoms with Crippen LogP contribution in [0.15, 0.2) is 42.6 Å². The van der Waals surface area contributed by atoms with E-state index in [4.69, 9.17) is 9.47 Å².